The number of alkyl halides is 2. The van der Waals surface area contributed by atoms with Crippen molar-refractivity contribution >= 4 is 34.8 Å². The van der Waals surface area contributed by atoms with Crippen LogP contribution in [0.1, 0.15) is 41.3 Å². The first-order valence-electron chi connectivity index (χ1n) is 8.32. The average Bonchev–Trinajstić information content (AvgIpc) is 2.92. The maximum atomic E-state index is 13.6. The summed E-state index contributed by atoms with van der Waals surface area (Å²) in [7, 11) is 1.55. The molecule has 0 aliphatic carbocycles. The van der Waals surface area contributed by atoms with Gasteiger partial charge in [0.15, 0.2) is 5.96 Å². The van der Waals surface area contributed by atoms with E-state index < -0.39 is 17.4 Å². The number of carbonyl (C=O) groups is 1. The zero-order chi connectivity index (χ0) is 20.1. The van der Waals surface area contributed by atoms with E-state index in [2.05, 4.69) is 4.99 Å². The second kappa shape index (κ2) is 6.56. The molecule has 1 aromatic carbocycles. The van der Waals surface area contributed by atoms with Crippen LogP contribution in [-0.4, -0.2) is 23.8 Å². The van der Waals surface area contributed by atoms with Gasteiger partial charge in [0.2, 0.25) is 5.91 Å². The Morgan fingerprint density at radius 1 is 1.33 bits per heavy atom. The molecule has 0 saturated carbocycles. The Bertz CT molecular complexity index is 920. The molecule has 4 nitrogen and oxygen atoms in total. The molecule has 2 aromatic rings. The van der Waals surface area contributed by atoms with E-state index in [0.29, 0.717) is 10.6 Å². The molecule has 0 bridgehead atoms. The molecule has 27 heavy (non-hydrogen) atoms. The molecule has 0 fully saturated rings. The summed E-state index contributed by atoms with van der Waals surface area (Å²) >= 11 is 7.89. The lowest BCUT2D eigenvalue weighted by atomic mass is 9.77. The second-order valence-corrected chi connectivity index (χ2v) is 8.28. The summed E-state index contributed by atoms with van der Waals surface area (Å²) in [5.41, 5.74) is 6.31. The average molecular weight is 412 g/mol. The lowest BCUT2D eigenvalue weighted by molar-refractivity contribution is -0.130. The van der Waals surface area contributed by atoms with Crippen molar-refractivity contribution in [3.63, 3.8) is 0 Å². The first-order valence-corrected chi connectivity index (χ1v) is 9.57. The third kappa shape index (κ3) is 3.23. The van der Waals surface area contributed by atoms with Gasteiger partial charge in [-0.3, -0.25) is 9.69 Å². The van der Waals surface area contributed by atoms with Gasteiger partial charge in [-0.2, -0.15) is 0 Å². The minimum Gasteiger partial charge on any atom is -0.369 e. The van der Waals surface area contributed by atoms with Crippen molar-refractivity contribution in [2.75, 3.05) is 7.05 Å². The third-order valence-corrected chi connectivity index (χ3v) is 6.86. The Balaban J connectivity index is 2.18. The number of carbonyl (C=O) groups excluding carboxylic acids is 1. The first-order chi connectivity index (χ1) is 12.5. The summed E-state index contributed by atoms with van der Waals surface area (Å²) in [4.78, 5) is 19.7. The summed E-state index contributed by atoms with van der Waals surface area (Å²) in [6.45, 7) is 4.52. The number of amides is 1. The number of rotatable bonds is 3. The molecule has 1 aliphatic rings. The molecule has 1 aliphatic heterocycles. The van der Waals surface area contributed by atoms with Gasteiger partial charge in [-0.05, 0) is 30.4 Å². The highest BCUT2D eigenvalue weighted by Crippen LogP contribution is 2.49. The SMILES string of the molecule is Cc1csc([C@@]2(C)N=C(N)N(C)C(=O)[C@@H]2c2ccc(C(C)(F)F)cc2)c1Cl. The Labute approximate surface area is 165 Å². The molecule has 0 radical (unpaired) electrons. The number of aliphatic imine (C=N–C) groups is 1. The summed E-state index contributed by atoms with van der Waals surface area (Å²) < 4.78 is 27.1. The molecule has 2 atom stereocenters. The predicted molar refractivity (Wildman–Crippen MR) is 105 cm³/mol. The molecular weight excluding hydrogens is 392 g/mol. The van der Waals surface area contributed by atoms with E-state index in [4.69, 9.17) is 17.3 Å². The molecule has 1 amide bonds. The van der Waals surface area contributed by atoms with Crippen molar-refractivity contribution in [1.82, 2.24) is 4.90 Å². The number of nitrogens with two attached hydrogens (primary N) is 1. The molecule has 0 saturated heterocycles. The standard InChI is InChI=1S/C19H20ClF2N3OS/c1-10-9-27-15(14(10)20)18(2)13(16(26)25(4)17(23)24-18)11-5-7-12(8-6-11)19(3,21)22/h5-9,13H,1-4H3,(H2,23,24)/t13-,18-/m0/s1. The van der Waals surface area contributed by atoms with Crippen LogP contribution in [0.15, 0.2) is 34.6 Å². The van der Waals surface area contributed by atoms with Crippen molar-refractivity contribution in [1.29, 1.82) is 0 Å². The highest BCUT2D eigenvalue weighted by atomic mass is 35.5. The lowest BCUT2D eigenvalue weighted by Crippen LogP contribution is -2.52. The van der Waals surface area contributed by atoms with Crippen LogP contribution >= 0.6 is 22.9 Å². The fourth-order valence-corrected chi connectivity index (χ4v) is 4.84. The van der Waals surface area contributed by atoms with E-state index >= 15 is 0 Å². The maximum absolute atomic E-state index is 13.6. The molecule has 0 spiro atoms. The van der Waals surface area contributed by atoms with Crippen molar-refractivity contribution in [2.24, 2.45) is 10.7 Å². The van der Waals surface area contributed by atoms with Crippen molar-refractivity contribution < 1.29 is 13.6 Å². The Morgan fingerprint density at radius 2 is 1.93 bits per heavy atom. The number of thiophene rings is 1. The number of hydrogen-bond acceptors (Lipinski definition) is 4. The summed E-state index contributed by atoms with van der Waals surface area (Å²) in [5, 5.41) is 2.44. The fraction of sp³-hybridized carbons (Fsp3) is 0.368. The Morgan fingerprint density at radius 3 is 2.41 bits per heavy atom. The topological polar surface area (TPSA) is 58.7 Å². The van der Waals surface area contributed by atoms with Crippen LogP contribution in [0.25, 0.3) is 0 Å². The zero-order valence-corrected chi connectivity index (χ0v) is 17.0. The van der Waals surface area contributed by atoms with E-state index in [1.165, 1.54) is 28.4 Å². The summed E-state index contributed by atoms with van der Waals surface area (Å²) in [5.74, 6) is -3.85. The number of nitrogens with zero attached hydrogens (tertiary/aromatic N) is 2. The van der Waals surface area contributed by atoms with Crippen molar-refractivity contribution in [3.05, 3.63) is 56.2 Å². The van der Waals surface area contributed by atoms with Crippen molar-refractivity contribution in [3.8, 4) is 0 Å². The largest absolute Gasteiger partial charge is 0.369 e. The van der Waals surface area contributed by atoms with E-state index in [-0.39, 0.29) is 17.4 Å². The third-order valence-electron chi connectivity index (χ3n) is 4.94. The monoisotopic (exact) mass is 411 g/mol. The summed E-state index contributed by atoms with van der Waals surface area (Å²) in [6.07, 6.45) is 0. The number of hydrogen-bond donors (Lipinski definition) is 1. The number of aryl methyl sites for hydroxylation is 1. The van der Waals surface area contributed by atoms with Crippen LogP contribution in [0.4, 0.5) is 8.78 Å². The summed E-state index contributed by atoms with van der Waals surface area (Å²) in [6, 6.07) is 5.78. The van der Waals surface area contributed by atoms with Gasteiger partial charge in [-0.25, -0.2) is 13.8 Å². The molecule has 0 unspecified atom stereocenters. The van der Waals surface area contributed by atoms with E-state index in [9.17, 15) is 13.6 Å². The highest BCUT2D eigenvalue weighted by molar-refractivity contribution is 7.11. The molecule has 144 valence electrons. The quantitative estimate of drug-likeness (QED) is 0.801. The minimum absolute atomic E-state index is 0.0950. The van der Waals surface area contributed by atoms with E-state index in [0.717, 1.165) is 17.4 Å². The molecule has 3 rings (SSSR count). The number of guanidine groups is 1. The molecular formula is C19H20ClF2N3OS. The van der Waals surface area contributed by atoms with Gasteiger partial charge in [0, 0.05) is 19.5 Å². The molecule has 8 heteroatoms. The van der Waals surface area contributed by atoms with Gasteiger partial charge in [0.25, 0.3) is 5.92 Å². The van der Waals surface area contributed by atoms with E-state index in [1.54, 1.807) is 26.1 Å². The number of halogens is 3. The van der Waals surface area contributed by atoms with Gasteiger partial charge >= 0.3 is 0 Å². The molecule has 2 N–H and O–H groups in total. The van der Waals surface area contributed by atoms with Gasteiger partial charge in [-0.15, -0.1) is 11.3 Å². The van der Waals surface area contributed by atoms with Gasteiger partial charge < -0.3 is 5.73 Å². The van der Waals surface area contributed by atoms with Gasteiger partial charge in [0.1, 0.15) is 5.54 Å². The Kier molecular flexibility index (Phi) is 4.80. The van der Waals surface area contributed by atoms with Gasteiger partial charge in [0.05, 0.1) is 15.8 Å². The van der Waals surface area contributed by atoms with E-state index in [1.807, 2.05) is 12.3 Å². The minimum atomic E-state index is -2.95. The van der Waals surface area contributed by atoms with Crippen LogP contribution in [-0.2, 0) is 16.3 Å². The first kappa shape index (κ1) is 19.8. The van der Waals surface area contributed by atoms with Gasteiger partial charge in [-0.1, -0.05) is 35.9 Å². The van der Waals surface area contributed by atoms with Crippen LogP contribution < -0.4 is 5.73 Å². The normalized spacial score (nSPS) is 23.5. The van der Waals surface area contributed by atoms with Crippen molar-refractivity contribution in [2.45, 2.75) is 38.2 Å². The van der Waals surface area contributed by atoms with Crippen LogP contribution in [0.2, 0.25) is 5.02 Å². The zero-order valence-electron chi connectivity index (χ0n) is 15.4. The maximum Gasteiger partial charge on any atom is 0.270 e. The second-order valence-electron chi connectivity index (χ2n) is 7.02. The van der Waals surface area contributed by atoms with Crippen LogP contribution in [0, 0.1) is 6.92 Å². The highest BCUT2D eigenvalue weighted by Gasteiger charge is 2.49. The lowest BCUT2D eigenvalue weighted by Gasteiger charge is -2.40. The van der Waals surface area contributed by atoms with Crippen LogP contribution in [0.3, 0.4) is 0 Å². The van der Waals surface area contributed by atoms with Crippen LogP contribution in [0.5, 0.6) is 0 Å². The smallest absolute Gasteiger partial charge is 0.270 e. The fourth-order valence-electron chi connectivity index (χ4n) is 3.31. The predicted octanol–water partition coefficient (Wildman–Crippen LogP) is 4.61. The molecule has 1 aromatic heterocycles. The number of benzene rings is 1. The number of likely N-dealkylation sites (N-methyl/N-ethyl adjacent to an activating group) is 1. The molecule has 2 heterocycles. The Hall–Kier alpha value is -1.99.